The second-order valence-corrected chi connectivity index (χ2v) is 4.10. The van der Waals surface area contributed by atoms with E-state index in [9.17, 15) is 0 Å². The number of nitrogens with two attached hydrogens (primary N) is 1. The number of guanidine groups is 1. The summed E-state index contributed by atoms with van der Waals surface area (Å²) >= 11 is 5.97. The highest BCUT2D eigenvalue weighted by Crippen LogP contribution is 2.22. The first kappa shape index (κ1) is 18.3. The van der Waals surface area contributed by atoms with Crippen LogP contribution < -0.4 is 10.5 Å². The maximum atomic E-state index is 5.97. The molecule has 0 atom stereocenters. The van der Waals surface area contributed by atoms with E-state index in [0.29, 0.717) is 29.9 Å². The molecule has 1 rings (SSSR count). The highest BCUT2D eigenvalue weighted by Gasteiger charge is 2.02. The number of hydrogen-bond donors (Lipinski definition) is 1. The molecule has 0 spiro atoms. The van der Waals surface area contributed by atoms with Gasteiger partial charge in [-0.25, -0.2) is 4.99 Å². The van der Waals surface area contributed by atoms with Crippen molar-refractivity contribution in [2.24, 2.45) is 10.7 Å². The molecule has 2 N–H and O–H groups in total. The van der Waals surface area contributed by atoms with Gasteiger partial charge in [-0.3, -0.25) is 0 Å². The van der Waals surface area contributed by atoms with Crippen LogP contribution in [-0.2, 0) is 0 Å². The van der Waals surface area contributed by atoms with Crippen molar-refractivity contribution in [2.45, 2.75) is 13.8 Å². The van der Waals surface area contributed by atoms with Crippen molar-refractivity contribution in [1.29, 1.82) is 0 Å². The van der Waals surface area contributed by atoms with Crippen LogP contribution in [-0.4, -0.2) is 37.1 Å². The van der Waals surface area contributed by atoms with Gasteiger partial charge in [0.2, 0.25) is 0 Å². The predicted molar refractivity (Wildman–Crippen MR) is 91.8 cm³/mol. The van der Waals surface area contributed by atoms with E-state index in [2.05, 4.69) is 4.99 Å². The predicted octanol–water partition coefficient (Wildman–Crippen LogP) is 2.99. The lowest BCUT2D eigenvalue weighted by Gasteiger charge is -2.19. The van der Waals surface area contributed by atoms with Crippen molar-refractivity contribution < 1.29 is 4.74 Å². The Kier molecular flexibility index (Phi) is 9.77. The quantitative estimate of drug-likeness (QED) is 0.347. The Bertz CT molecular complexity index is 397. The molecule has 0 saturated carbocycles. The number of halogens is 2. The minimum absolute atomic E-state index is 0. The molecule has 4 nitrogen and oxygen atoms in total. The van der Waals surface area contributed by atoms with E-state index in [-0.39, 0.29) is 24.0 Å². The van der Waals surface area contributed by atoms with Crippen LogP contribution in [0.15, 0.2) is 29.3 Å². The fourth-order valence-corrected chi connectivity index (χ4v) is 1.72. The van der Waals surface area contributed by atoms with Crippen LogP contribution in [0.2, 0.25) is 5.02 Å². The van der Waals surface area contributed by atoms with Gasteiger partial charge >= 0.3 is 0 Å². The Hall–Kier alpha value is -0.690. The van der Waals surface area contributed by atoms with Crippen LogP contribution in [0.1, 0.15) is 13.8 Å². The normalized spacial score (nSPS) is 10.8. The van der Waals surface area contributed by atoms with Gasteiger partial charge in [0, 0.05) is 13.1 Å². The summed E-state index contributed by atoms with van der Waals surface area (Å²) in [4.78, 5) is 6.26. The Labute approximate surface area is 137 Å². The molecule has 0 aromatic heterocycles. The Morgan fingerprint density at radius 1 is 1.32 bits per heavy atom. The first-order chi connectivity index (χ1) is 8.69. The molecule has 19 heavy (non-hydrogen) atoms. The molecule has 108 valence electrons. The summed E-state index contributed by atoms with van der Waals surface area (Å²) < 4.78 is 5.52. The number of ether oxygens (including phenoxy) is 1. The summed E-state index contributed by atoms with van der Waals surface area (Å²) in [6.07, 6.45) is 0. The lowest BCUT2D eigenvalue weighted by atomic mass is 10.3. The smallest absolute Gasteiger partial charge is 0.191 e. The van der Waals surface area contributed by atoms with Gasteiger partial charge in [0.25, 0.3) is 0 Å². The van der Waals surface area contributed by atoms with Crippen molar-refractivity contribution in [3.05, 3.63) is 29.3 Å². The summed E-state index contributed by atoms with van der Waals surface area (Å²) in [6.45, 7) is 6.80. The van der Waals surface area contributed by atoms with Crippen molar-refractivity contribution in [1.82, 2.24) is 4.90 Å². The molecule has 0 radical (unpaired) electrons. The number of nitrogens with zero attached hydrogens (tertiary/aromatic N) is 2. The van der Waals surface area contributed by atoms with E-state index in [1.165, 1.54) is 0 Å². The van der Waals surface area contributed by atoms with Crippen LogP contribution in [0, 0.1) is 0 Å². The standard InChI is InChI=1S/C13H20ClN3O.HI/c1-3-17(4-2)13(15)16-9-10-18-12-8-6-5-7-11(12)14;/h5-8H,3-4,9-10H2,1-2H3,(H2,15,16);1H. The molecule has 0 fully saturated rings. The number of rotatable bonds is 6. The van der Waals surface area contributed by atoms with Gasteiger partial charge in [-0.1, -0.05) is 23.7 Å². The Morgan fingerprint density at radius 3 is 2.53 bits per heavy atom. The Morgan fingerprint density at radius 2 is 1.95 bits per heavy atom. The lowest BCUT2D eigenvalue weighted by Crippen LogP contribution is -2.37. The summed E-state index contributed by atoms with van der Waals surface area (Å²) in [6, 6.07) is 7.38. The number of aliphatic imine (C=N–C) groups is 1. The van der Waals surface area contributed by atoms with Crippen LogP contribution >= 0.6 is 35.6 Å². The van der Waals surface area contributed by atoms with Gasteiger partial charge in [-0.15, -0.1) is 24.0 Å². The van der Waals surface area contributed by atoms with E-state index in [1.807, 2.05) is 36.9 Å². The molecule has 1 aromatic carbocycles. The molecule has 0 amide bonds. The number of hydrogen-bond acceptors (Lipinski definition) is 2. The van der Waals surface area contributed by atoms with Gasteiger partial charge in [-0.2, -0.15) is 0 Å². The Balaban J connectivity index is 0.00000324. The van der Waals surface area contributed by atoms with Gasteiger partial charge in [0.05, 0.1) is 11.6 Å². The maximum Gasteiger partial charge on any atom is 0.191 e. The lowest BCUT2D eigenvalue weighted by molar-refractivity contribution is 0.327. The minimum atomic E-state index is 0. The highest BCUT2D eigenvalue weighted by atomic mass is 127. The van der Waals surface area contributed by atoms with E-state index in [0.717, 1.165) is 13.1 Å². The molecule has 1 aromatic rings. The molecule has 6 heteroatoms. The first-order valence-electron chi connectivity index (χ1n) is 6.11. The van der Waals surface area contributed by atoms with Gasteiger partial charge in [-0.05, 0) is 26.0 Å². The van der Waals surface area contributed by atoms with Gasteiger partial charge in [0.1, 0.15) is 12.4 Å². The third-order valence-electron chi connectivity index (χ3n) is 2.55. The van der Waals surface area contributed by atoms with Crippen LogP contribution in [0.4, 0.5) is 0 Å². The van der Waals surface area contributed by atoms with Crippen molar-refractivity contribution >= 4 is 41.5 Å². The number of para-hydroxylation sites is 1. The van der Waals surface area contributed by atoms with E-state index >= 15 is 0 Å². The molecular formula is C13H21ClIN3O. The maximum absolute atomic E-state index is 5.97. The molecule has 0 aliphatic heterocycles. The van der Waals surface area contributed by atoms with Crippen LogP contribution in [0.3, 0.4) is 0 Å². The highest BCUT2D eigenvalue weighted by molar-refractivity contribution is 14.0. The second kappa shape index (κ2) is 10.1. The average Bonchev–Trinajstić information content (AvgIpc) is 2.38. The fourth-order valence-electron chi connectivity index (χ4n) is 1.53. The second-order valence-electron chi connectivity index (χ2n) is 3.69. The molecule has 0 bridgehead atoms. The first-order valence-corrected chi connectivity index (χ1v) is 6.49. The average molecular weight is 398 g/mol. The van der Waals surface area contributed by atoms with Gasteiger partial charge < -0.3 is 15.4 Å². The summed E-state index contributed by atoms with van der Waals surface area (Å²) in [7, 11) is 0. The van der Waals surface area contributed by atoms with Crippen LogP contribution in [0.25, 0.3) is 0 Å². The molecule has 0 unspecified atom stereocenters. The zero-order valence-corrected chi connectivity index (χ0v) is 14.4. The van der Waals surface area contributed by atoms with Crippen molar-refractivity contribution in [3.8, 4) is 5.75 Å². The van der Waals surface area contributed by atoms with E-state index < -0.39 is 0 Å². The molecule has 0 heterocycles. The van der Waals surface area contributed by atoms with E-state index in [4.69, 9.17) is 22.1 Å². The fraction of sp³-hybridized carbons (Fsp3) is 0.462. The van der Waals surface area contributed by atoms with E-state index in [1.54, 1.807) is 6.07 Å². The molecule has 0 saturated heterocycles. The monoisotopic (exact) mass is 397 g/mol. The molecular weight excluding hydrogens is 377 g/mol. The third-order valence-corrected chi connectivity index (χ3v) is 2.86. The minimum Gasteiger partial charge on any atom is -0.490 e. The zero-order valence-electron chi connectivity index (χ0n) is 11.3. The van der Waals surface area contributed by atoms with Crippen molar-refractivity contribution in [3.63, 3.8) is 0 Å². The van der Waals surface area contributed by atoms with Crippen LogP contribution in [0.5, 0.6) is 5.75 Å². The van der Waals surface area contributed by atoms with Gasteiger partial charge in [0.15, 0.2) is 5.96 Å². The third kappa shape index (κ3) is 6.33. The van der Waals surface area contributed by atoms with Crippen molar-refractivity contribution in [2.75, 3.05) is 26.2 Å². The summed E-state index contributed by atoms with van der Waals surface area (Å²) in [5.41, 5.74) is 5.84. The largest absolute Gasteiger partial charge is 0.490 e. The molecule has 0 aliphatic rings. The number of benzene rings is 1. The SMILES string of the molecule is CCN(CC)C(N)=NCCOc1ccccc1Cl.I. The molecule has 0 aliphatic carbocycles. The topological polar surface area (TPSA) is 50.8 Å². The summed E-state index contributed by atoms with van der Waals surface area (Å²) in [5, 5.41) is 0.609. The zero-order chi connectivity index (χ0) is 13.4. The summed E-state index contributed by atoms with van der Waals surface area (Å²) in [5.74, 6) is 1.23.